The van der Waals surface area contributed by atoms with Crippen LogP contribution in [0, 0.1) is 0 Å². The number of hydrogen-bond donors (Lipinski definition) is 0. The Kier molecular flexibility index (Phi) is 16.4. The van der Waals surface area contributed by atoms with E-state index in [0.717, 1.165) is 25.0 Å². The fraction of sp³-hybridized carbons (Fsp3) is 0.800. The Bertz CT molecular complexity index is 321. The first kappa shape index (κ1) is 21.9. The Morgan fingerprint density at radius 3 is 1.43 bits per heavy atom. The minimum Gasteiger partial charge on any atom is -0.545 e. The molecule has 0 aliphatic heterocycles. The summed E-state index contributed by atoms with van der Waals surface area (Å²) >= 11 is 0. The Balaban J connectivity index is 3.16. The van der Waals surface area contributed by atoms with Crippen LogP contribution in [-0.4, -0.2) is 11.8 Å². The summed E-state index contributed by atoms with van der Waals surface area (Å²) in [6.45, 7) is 2.26. The summed E-state index contributed by atoms with van der Waals surface area (Å²) in [4.78, 5) is 21.4. The van der Waals surface area contributed by atoms with E-state index in [1.165, 1.54) is 77.0 Å². The highest BCUT2D eigenvalue weighted by molar-refractivity contribution is 5.94. The van der Waals surface area contributed by atoms with Crippen LogP contribution in [0.5, 0.6) is 0 Å². The van der Waals surface area contributed by atoms with E-state index in [-0.39, 0.29) is 5.78 Å². The maximum absolute atomic E-state index is 11.3. The second-order valence-corrected chi connectivity index (χ2v) is 6.46. The molecule has 0 saturated carbocycles. The zero-order valence-electron chi connectivity index (χ0n) is 15.0. The molecule has 0 N–H and O–H groups in total. The summed E-state index contributed by atoms with van der Waals surface area (Å²) in [5, 5.41) is 10.2. The van der Waals surface area contributed by atoms with Crippen LogP contribution in [0.4, 0.5) is 0 Å². The molecule has 0 aromatic carbocycles. The third-order valence-electron chi connectivity index (χ3n) is 4.18. The Morgan fingerprint density at radius 2 is 1.04 bits per heavy atom. The molecular weight excluding hydrogens is 288 g/mol. The first-order valence-electron chi connectivity index (χ1n) is 9.58. The van der Waals surface area contributed by atoms with Gasteiger partial charge in [-0.05, 0) is 18.6 Å². The van der Waals surface area contributed by atoms with Gasteiger partial charge >= 0.3 is 0 Å². The number of carboxylic acids is 1. The van der Waals surface area contributed by atoms with Gasteiger partial charge in [-0.1, -0.05) is 90.4 Å². The quantitative estimate of drug-likeness (QED) is 0.287. The van der Waals surface area contributed by atoms with E-state index in [1.54, 1.807) is 0 Å². The highest BCUT2D eigenvalue weighted by Gasteiger charge is 1.97. The smallest absolute Gasteiger partial charge is 0.155 e. The summed E-state index contributed by atoms with van der Waals surface area (Å²) in [6, 6.07) is 0. The zero-order valence-corrected chi connectivity index (χ0v) is 15.0. The number of rotatable bonds is 17. The van der Waals surface area contributed by atoms with Gasteiger partial charge < -0.3 is 9.90 Å². The molecule has 0 heterocycles. The van der Waals surface area contributed by atoms with E-state index in [9.17, 15) is 14.7 Å². The summed E-state index contributed by atoms with van der Waals surface area (Å²) in [7, 11) is 0. The van der Waals surface area contributed by atoms with Gasteiger partial charge in [-0.3, -0.25) is 4.79 Å². The molecular formula is C20H35O3-. The first-order valence-corrected chi connectivity index (χ1v) is 9.58. The van der Waals surface area contributed by atoms with Gasteiger partial charge in [0.05, 0.1) is 5.97 Å². The number of hydrogen-bond acceptors (Lipinski definition) is 3. The second-order valence-electron chi connectivity index (χ2n) is 6.46. The van der Waals surface area contributed by atoms with Crippen molar-refractivity contribution < 1.29 is 14.7 Å². The number of aliphatic carboxylic acids is 1. The van der Waals surface area contributed by atoms with Gasteiger partial charge in [-0.2, -0.15) is 0 Å². The Morgan fingerprint density at radius 1 is 0.652 bits per heavy atom. The number of ketones is 1. The third-order valence-corrected chi connectivity index (χ3v) is 4.18. The fourth-order valence-electron chi connectivity index (χ4n) is 2.74. The lowest BCUT2D eigenvalue weighted by Gasteiger charge is -2.03. The van der Waals surface area contributed by atoms with Gasteiger partial charge in [-0.15, -0.1) is 0 Å². The van der Waals surface area contributed by atoms with Gasteiger partial charge in [0.15, 0.2) is 5.78 Å². The molecule has 0 atom stereocenters. The monoisotopic (exact) mass is 323 g/mol. The van der Waals surface area contributed by atoms with Crippen molar-refractivity contribution in [3.8, 4) is 0 Å². The average molecular weight is 323 g/mol. The molecule has 0 fully saturated rings. The SMILES string of the molecule is CCCCCCCCCCCCCCCCC(=O)/C=C\C(=O)[O-]. The first-order chi connectivity index (χ1) is 11.2. The number of carbonyl (C=O) groups is 2. The van der Waals surface area contributed by atoms with Crippen LogP contribution < -0.4 is 5.11 Å². The van der Waals surface area contributed by atoms with Crippen LogP contribution in [0.3, 0.4) is 0 Å². The van der Waals surface area contributed by atoms with Crippen molar-refractivity contribution in [1.29, 1.82) is 0 Å². The Labute approximate surface area is 142 Å². The van der Waals surface area contributed by atoms with Gasteiger partial charge in [-0.25, -0.2) is 0 Å². The van der Waals surface area contributed by atoms with E-state index in [0.29, 0.717) is 6.42 Å². The molecule has 23 heavy (non-hydrogen) atoms. The van der Waals surface area contributed by atoms with Crippen LogP contribution in [0.15, 0.2) is 12.2 Å². The van der Waals surface area contributed by atoms with Crippen molar-refractivity contribution in [3.63, 3.8) is 0 Å². The molecule has 3 nitrogen and oxygen atoms in total. The molecule has 0 aromatic rings. The normalized spacial score (nSPS) is 11.2. The predicted octanol–water partition coefficient (Wildman–Crippen LogP) is 4.73. The minimum absolute atomic E-state index is 0.117. The van der Waals surface area contributed by atoms with Crippen molar-refractivity contribution in [2.75, 3.05) is 0 Å². The maximum atomic E-state index is 11.3. The van der Waals surface area contributed by atoms with E-state index < -0.39 is 5.97 Å². The topological polar surface area (TPSA) is 57.2 Å². The van der Waals surface area contributed by atoms with Gasteiger partial charge in [0.2, 0.25) is 0 Å². The lowest BCUT2D eigenvalue weighted by atomic mass is 10.0. The van der Waals surface area contributed by atoms with Crippen LogP contribution in [0.1, 0.15) is 103 Å². The minimum atomic E-state index is -1.31. The van der Waals surface area contributed by atoms with Crippen molar-refractivity contribution in [2.45, 2.75) is 103 Å². The number of unbranched alkanes of at least 4 members (excludes halogenated alkanes) is 13. The molecule has 0 aromatic heterocycles. The van der Waals surface area contributed by atoms with Crippen molar-refractivity contribution in [3.05, 3.63) is 12.2 Å². The lowest BCUT2D eigenvalue weighted by Crippen LogP contribution is -2.19. The largest absolute Gasteiger partial charge is 0.545 e. The van der Waals surface area contributed by atoms with Gasteiger partial charge in [0.1, 0.15) is 0 Å². The molecule has 0 spiro atoms. The molecule has 0 radical (unpaired) electrons. The van der Waals surface area contributed by atoms with E-state index in [1.807, 2.05) is 0 Å². The molecule has 0 aliphatic carbocycles. The van der Waals surface area contributed by atoms with Crippen LogP contribution in [0.2, 0.25) is 0 Å². The molecule has 0 unspecified atom stereocenters. The van der Waals surface area contributed by atoms with E-state index >= 15 is 0 Å². The summed E-state index contributed by atoms with van der Waals surface area (Å²) in [6.07, 6.45) is 20.4. The molecule has 0 rings (SSSR count). The van der Waals surface area contributed by atoms with Crippen molar-refractivity contribution in [1.82, 2.24) is 0 Å². The summed E-state index contributed by atoms with van der Waals surface area (Å²) in [5.41, 5.74) is 0. The van der Waals surface area contributed by atoms with Crippen LogP contribution in [0.25, 0.3) is 0 Å². The molecule has 0 saturated heterocycles. The standard InChI is InChI=1S/C20H36O3/c1-2-3-4-5-6-7-8-9-10-11-12-13-14-15-16-19(21)17-18-20(22)23/h17-18H,2-16H2,1H3,(H,22,23)/p-1/b18-17-. The summed E-state index contributed by atoms with van der Waals surface area (Å²) < 4.78 is 0. The van der Waals surface area contributed by atoms with E-state index in [4.69, 9.17) is 0 Å². The number of carboxylic acid groups (broad SMARTS) is 1. The fourth-order valence-corrected chi connectivity index (χ4v) is 2.74. The molecule has 134 valence electrons. The molecule has 0 bridgehead atoms. The maximum Gasteiger partial charge on any atom is 0.155 e. The average Bonchev–Trinajstić information content (AvgIpc) is 2.53. The van der Waals surface area contributed by atoms with Crippen LogP contribution >= 0.6 is 0 Å². The third kappa shape index (κ3) is 18.8. The Hall–Kier alpha value is -1.12. The highest BCUT2D eigenvalue weighted by atomic mass is 16.4. The van der Waals surface area contributed by atoms with Gasteiger partial charge in [0, 0.05) is 6.42 Å². The zero-order chi connectivity index (χ0) is 17.2. The highest BCUT2D eigenvalue weighted by Crippen LogP contribution is 2.13. The molecule has 0 amide bonds. The van der Waals surface area contributed by atoms with Crippen molar-refractivity contribution in [2.24, 2.45) is 0 Å². The summed E-state index contributed by atoms with van der Waals surface area (Å²) in [5.74, 6) is -1.42. The number of carbonyl (C=O) groups excluding carboxylic acids is 2. The second kappa shape index (κ2) is 17.2. The lowest BCUT2D eigenvalue weighted by molar-refractivity contribution is -0.297. The van der Waals surface area contributed by atoms with Crippen LogP contribution in [-0.2, 0) is 9.59 Å². The van der Waals surface area contributed by atoms with Crippen molar-refractivity contribution >= 4 is 11.8 Å². The number of allylic oxidation sites excluding steroid dienone is 1. The predicted molar refractivity (Wildman–Crippen MR) is 94.1 cm³/mol. The van der Waals surface area contributed by atoms with E-state index in [2.05, 4.69) is 6.92 Å². The van der Waals surface area contributed by atoms with Gasteiger partial charge in [0.25, 0.3) is 0 Å². The molecule has 3 heteroatoms. The molecule has 0 aliphatic rings.